The molecule has 0 aliphatic heterocycles. The maximum absolute atomic E-state index is 2.49. The highest BCUT2D eigenvalue weighted by Gasteiger charge is 2.51. The minimum Gasteiger partial charge on any atom is -0.310 e. The van der Waals surface area contributed by atoms with E-state index in [4.69, 9.17) is 0 Å². The first-order valence-electron chi connectivity index (χ1n) is 24.5. The Labute approximate surface area is 407 Å². The van der Waals surface area contributed by atoms with Gasteiger partial charge in [0.25, 0.3) is 0 Å². The van der Waals surface area contributed by atoms with E-state index in [1.54, 1.807) is 0 Å². The third kappa shape index (κ3) is 5.50. The van der Waals surface area contributed by atoms with Crippen LogP contribution < -0.4 is 4.90 Å². The van der Waals surface area contributed by atoms with Crippen LogP contribution in [0.25, 0.3) is 77.7 Å². The number of hydrogen-bond acceptors (Lipinski definition) is 1. The van der Waals surface area contributed by atoms with E-state index in [2.05, 4.69) is 270 Å². The third-order valence-corrected chi connectivity index (χ3v) is 15.7. The normalized spacial score (nSPS) is 14.5. The Hall–Kier alpha value is -8.98. The van der Waals surface area contributed by atoms with E-state index in [-0.39, 0.29) is 5.92 Å². The molecule has 1 heterocycles. The third-order valence-electron chi connectivity index (χ3n) is 15.7. The van der Waals surface area contributed by atoms with Gasteiger partial charge in [-0.3, -0.25) is 0 Å². The van der Waals surface area contributed by atoms with Crippen LogP contribution in [0.5, 0.6) is 0 Å². The maximum atomic E-state index is 2.49. The Morgan fingerprint density at radius 1 is 0.386 bits per heavy atom. The Morgan fingerprint density at radius 2 is 0.957 bits per heavy atom. The van der Waals surface area contributed by atoms with Gasteiger partial charge in [0.05, 0.1) is 16.4 Å². The van der Waals surface area contributed by atoms with Gasteiger partial charge in [0.2, 0.25) is 0 Å². The predicted octanol–water partition coefficient (Wildman–Crippen LogP) is 17.6. The molecule has 11 aromatic carbocycles. The monoisotopic (exact) mass is 888 g/mol. The molecule has 15 rings (SSSR count). The zero-order chi connectivity index (χ0) is 45.9. The van der Waals surface area contributed by atoms with Crippen molar-refractivity contribution in [2.75, 3.05) is 4.90 Å². The van der Waals surface area contributed by atoms with E-state index >= 15 is 0 Å². The van der Waals surface area contributed by atoms with Gasteiger partial charge in [0.15, 0.2) is 0 Å². The fraction of sp³-hybridized carbons (Fsp3) is 0.0294. The molecule has 1 atom stereocenters. The van der Waals surface area contributed by atoms with Gasteiger partial charge in [-0.2, -0.15) is 0 Å². The lowest BCUT2D eigenvalue weighted by Crippen LogP contribution is -2.26. The van der Waals surface area contributed by atoms with Crippen LogP contribution in [0.3, 0.4) is 0 Å². The molecule has 3 aliphatic carbocycles. The quantitative estimate of drug-likeness (QED) is 0.161. The fourth-order valence-corrected chi connectivity index (χ4v) is 12.7. The molecule has 0 saturated heterocycles. The zero-order valence-corrected chi connectivity index (χ0v) is 38.3. The number of aromatic nitrogens is 1. The summed E-state index contributed by atoms with van der Waals surface area (Å²) in [5.74, 6) is 0.233. The summed E-state index contributed by atoms with van der Waals surface area (Å²) < 4.78 is 2.47. The van der Waals surface area contributed by atoms with Gasteiger partial charge in [0.1, 0.15) is 0 Å². The van der Waals surface area contributed by atoms with E-state index in [0.717, 1.165) is 17.1 Å². The highest BCUT2D eigenvalue weighted by molar-refractivity contribution is 6.13. The average molecular weight is 889 g/mol. The van der Waals surface area contributed by atoms with Gasteiger partial charge < -0.3 is 9.47 Å². The van der Waals surface area contributed by atoms with Crippen LogP contribution in [0, 0.1) is 0 Å². The van der Waals surface area contributed by atoms with Crippen LogP contribution in [0.15, 0.2) is 255 Å². The molecular weight excluding hydrogens is 845 g/mol. The minimum atomic E-state index is -0.434. The minimum absolute atomic E-state index is 0.233. The summed E-state index contributed by atoms with van der Waals surface area (Å²) in [5.41, 5.74) is 23.5. The second-order valence-corrected chi connectivity index (χ2v) is 19.1. The smallest absolute Gasteiger partial charge is 0.0726 e. The van der Waals surface area contributed by atoms with Crippen molar-refractivity contribution in [3.8, 4) is 39.1 Å². The summed E-state index contributed by atoms with van der Waals surface area (Å²) in [6.07, 6.45) is 4.72. The van der Waals surface area contributed by atoms with Gasteiger partial charge in [-0.05, 0) is 138 Å². The van der Waals surface area contributed by atoms with Crippen molar-refractivity contribution in [3.63, 3.8) is 0 Å². The van der Waals surface area contributed by atoms with E-state index in [0.29, 0.717) is 0 Å². The fourth-order valence-electron chi connectivity index (χ4n) is 12.7. The zero-order valence-electron chi connectivity index (χ0n) is 38.3. The Morgan fingerprint density at radius 3 is 1.67 bits per heavy atom. The molecule has 0 saturated carbocycles. The van der Waals surface area contributed by atoms with Crippen LogP contribution in [0.4, 0.5) is 17.1 Å². The second-order valence-electron chi connectivity index (χ2n) is 19.1. The lowest BCUT2D eigenvalue weighted by atomic mass is 9.70. The largest absolute Gasteiger partial charge is 0.310 e. The number of anilines is 3. The standard InChI is InChI=1S/C68H44N2/c1-3-16-46(17-4-1)53-36-38-59-54(53)37-39-60-61-42-48(30-40-66(61)70(67(59)60)49-19-5-2-6-20-49)45-27-31-50(32-28-45)69(51-33-29-44-15-7-8-18-47(44)41-51)52-34-35-58-57-23-11-14-26-64(57)68(65(58)43-52)62-24-12-9-21-55(62)56-22-10-13-25-63(56)68/h1-43,53H. The number of fused-ring (bicyclic) bond motifs is 16. The summed E-state index contributed by atoms with van der Waals surface area (Å²) in [6.45, 7) is 0. The van der Waals surface area contributed by atoms with Gasteiger partial charge in [-0.15, -0.1) is 0 Å². The first-order valence-corrected chi connectivity index (χ1v) is 24.5. The molecule has 0 N–H and O–H groups in total. The Balaban J connectivity index is 0.883. The summed E-state index contributed by atoms with van der Waals surface area (Å²) >= 11 is 0. The Bertz CT molecular complexity index is 4060. The molecule has 0 bridgehead atoms. The molecule has 0 fully saturated rings. The summed E-state index contributed by atoms with van der Waals surface area (Å²) in [4.78, 5) is 2.45. The topological polar surface area (TPSA) is 8.17 Å². The van der Waals surface area contributed by atoms with Crippen LogP contribution in [-0.4, -0.2) is 4.57 Å². The van der Waals surface area contributed by atoms with E-state index in [1.165, 1.54) is 111 Å². The lowest BCUT2D eigenvalue weighted by molar-refractivity contribution is 0.793. The van der Waals surface area contributed by atoms with Crippen molar-refractivity contribution in [2.24, 2.45) is 0 Å². The number of para-hydroxylation sites is 1. The molecule has 0 amide bonds. The van der Waals surface area contributed by atoms with Crippen molar-refractivity contribution in [1.29, 1.82) is 0 Å². The van der Waals surface area contributed by atoms with Gasteiger partial charge in [-0.25, -0.2) is 0 Å². The number of rotatable bonds is 6. The molecule has 70 heavy (non-hydrogen) atoms. The molecule has 326 valence electrons. The number of allylic oxidation sites excluding steroid dienone is 1. The summed E-state index contributed by atoms with van der Waals surface area (Å²) in [7, 11) is 0. The van der Waals surface area contributed by atoms with E-state index < -0.39 is 5.41 Å². The highest BCUT2D eigenvalue weighted by Crippen LogP contribution is 2.63. The summed E-state index contributed by atoms with van der Waals surface area (Å²) in [5, 5.41) is 4.96. The highest BCUT2D eigenvalue weighted by atomic mass is 15.1. The molecule has 12 aromatic rings. The molecule has 0 radical (unpaired) electrons. The first kappa shape index (κ1) is 39.1. The summed E-state index contributed by atoms with van der Waals surface area (Å²) in [6, 6.07) is 92.6. The molecule has 1 spiro atoms. The van der Waals surface area contributed by atoms with Crippen LogP contribution in [0.1, 0.15) is 44.9 Å². The van der Waals surface area contributed by atoms with E-state index in [9.17, 15) is 0 Å². The van der Waals surface area contributed by atoms with Crippen molar-refractivity contribution in [1.82, 2.24) is 4.57 Å². The molecule has 1 aromatic heterocycles. The van der Waals surface area contributed by atoms with Crippen molar-refractivity contribution in [2.45, 2.75) is 11.3 Å². The maximum Gasteiger partial charge on any atom is 0.0726 e. The molecule has 2 heteroatoms. The SMILES string of the molecule is C1=CC(c2ccccc2)c2ccc3c4cc(-c5ccc(N(c6ccc7c(c6)C6(c8ccccc8-c8ccccc86)c6ccccc6-7)c6ccc7ccccc7c6)cc5)ccc4n(-c4ccccc4)c3c21. The van der Waals surface area contributed by atoms with Crippen molar-refractivity contribution < 1.29 is 0 Å². The predicted molar refractivity (Wildman–Crippen MR) is 292 cm³/mol. The molecular formula is C68H44N2. The van der Waals surface area contributed by atoms with Gasteiger partial charge in [0, 0.05) is 45.0 Å². The molecule has 1 unspecified atom stereocenters. The van der Waals surface area contributed by atoms with Crippen molar-refractivity contribution in [3.05, 3.63) is 294 Å². The average Bonchev–Trinajstić information content (AvgIpc) is 4.17. The lowest BCUT2D eigenvalue weighted by Gasteiger charge is -2.32. The number of hydrogen-bond donors (Lipinski definition) is 0. The van der Waals surface area contributed by atoms with Crippen LogP contribution in [-0.2, 0) is 5.41 Å². The first-order chi connectivity index (χ1) is 34.7. The molecule has 2 nitrogen and oxygen atoms in total. The van der Waals surface area contributed by atoms with Crippen LogP contribution in [0.2, 0.25) is 0 Å². The molecule has 3 aliphatic rings. The van der Waals surface area contributed by atoms with Gasteiger partial charge in [-0.1, -0.05) is 200 Å². The van der Waals surface area contributed by atoms with E-state index in [1.807, 2.05) is 0 Å². The van der Waals surface area contributed by atoms with Crippen LogP contribution >= 0.6 is 0 Å². The second kappa shape index (κ2) is 15.0. The number of benzene rings is 11. The Kier molecular flexibility index (Phi) is 8.38. The van der Waals surface area contributed by atoms with Gasteiger partial charge >= 0.3 is 0 Å². The number of nitrogens with zero attached hydrogens (tertiary/aromatic N) is 2. The van der Waals surface area contributed by atoms with Crippen molar-refractivity contribution >= 4 is 55.7 Å².